The number of hydrogen-bond donors (Lipinski definition) is 0. The van der Waals surface area contributed by atoms with Crippen molar-refractivity contribution in [2.24, 2.45) is 0 Å². The fourth-order valence-electron chi connectivity index (χ4n) is 1.80. The Hall–Kier alpha value is -2.15. The molecule has 0 aliphatic heterocycles. The average molecular weight is 273 g/mol. The van der Waals surface area contributed by atoms with Gasteiger partial charge in [0.1, 0.15) is 10.0 Å². The molecule has 0 aliphatic carbocycles. The number of hydrogen-bond acceptors (Lipinski definition) is 6. The molecule has 3 aromatic heterocycles. The van der Waals surface area contributed by atoms with Crippen LogP contribution in [0.3, 0.4) is 0 Å². The lowest BCUT2D eigenvalue weighted by Crippen LogP contribution is -2.22. The van der Waals surface area contributed by atoms with Gasteiger partial charge in [-0.05, 0) is 19.1 Å². The molecule has 0 N–H and O–H groups in total. The zero-order chi connectivity index (χ0) is 13.2. The van der Waals surface area contributed by atoms with Crippen LogP contribution in [0.15, 0.2) is 29.5 Å². The molecule has 0 spiro atoms. The van der Waals surface area contributed by atoms with E-state index in [0.29, 0.717) is 24.0 Å². The Bertz CT molecular complexity index is 779. The maximum absolute atomic E-state index is 12.2. The van der Waals surface area contributed by atoms with Crippen LogP contribution in [0.2, 0.25) is 0 Å². The second kappa shape index (κ2) is 4.85. The van der Waals surface area contributed by atoms with Crippen LogP contribution in [0.1, 0.15) is 10.0 Å². The quantitative estimate of drug-likeness (QED) is 0.716. The van der Waals surface area contributed by atoms with E-state index in [4.69, 9.17) is 0 Å². The Morgan fingerprint density at radius 2 is 2.21 bits per heavy atom. The predicted octanol–water partition coefficient (Wildman–Crippen LogP) is 1.19. The molecule has 7 heteroatoms. The molecule has 0 bridgehead atoms. The van der Waals surface area contributed by atoms with Crippen molar-refractivity contribution in [1.82, 2.24) is 24.7 Å². The van der Waals surface area contributed by atoms with Crippen molar-refractivity contribution in [3.05, 3.63) is 45.0 Å². The third-order valence-corrected chi connectivity index (χ3v) is 3.62. The summed E-state index contributed by atoms with van der Waals surface area (Å²) >= 11 is 1.54. The van der Waals surface area contributed by atoms with Crippen LogP contribution in [-0.2, 0) is 13.0 Å². The minimum absolute atomic E-state index is 0.119. The first-order valence-electron chi connectivity index (χ1n) is 5.83. The lowest BCUT2D eigenvalue weighted by atomic mass is 10.3. The lowest BCUT2D eigenvalue weighted by Gasteiger charge is -2.04. The van der Waals surface area contributed by atoms with Crippen molar-refractivity contribution in [2.75, 3.05) is 0 Å². The molecule has 0 aromatic carbocycles. The van der Waals surface area contributed by atoms with E-state index in [1.165, 1.54) is 0 Å². The van der Waals surface area contributed by atoms with Crippen molar-refractivity contribution in [3.8, 4) is 0 Å². The minimum atomic E-state index is -0.119. The summed E-state index contributed by atoms with van der Waals surface area (Å²) in [5.74, 6) is 0. The van der Waals surface area contributed by atoms with Crippen molar-refractivity contribution >= 4 is 22.4 Å². The molecule has 0 fully saturated rings. The molecular formula is C12H11N5OS. The number of aromatic nitrogens is 5. The molecule has 0 saturated carbocycles. The molecule has 0 atom stereocenters. The first-order valence-corrected chi connectivity index (χ1v) is 6.65. The van der Waals surface area contributed by atoms with Gasteiger partial charge in [-0.2, -0.15) is 0 Å². The smallest absolute Gasteiger partial charge is 0.279 e. The van der Waals surface area contributed by atoms with E-state index in [9.17, 15) is 4.79 Å². The van der Waals surface area contributed by atoms with Gasteiger partial charge < -0.3 is 0 Å². The molecule has 0 aliphatic rings. The largest absolute Gasteiger partial charge is 0.297 e. The minimum Gasteiger partial charge on any atom is -0.297 e. The van der Waals surface area contributed by atoms with Gasteiger partial charge in [-0.3, -0.25) is 9.36 Å². The van der Waals surface area contributed by atoms with Crippen LogP contribution in [0, 0.1) is 6.92 Å². The first kappa shape index (κ1) is 11.9. The predicted molar refractivity (Wildman–Crippen MR) is 72.1 cm³/mol. The summed E-state index contributed by atoms with van der Waals surface area (Å²) in [4.78, 5) is 20.5. The Balaban J connectivity index is 1.89. The molecule has 3 rings (SSSR count). The van der Waals surface area contributed by atoms with Crippen molar-refractivity contribution in [3.63, 3.8) is 0 Å². The lowest BCUT2D eigenvalue weighted by molar-refractivity contribution is 0.655. The average Bonchev–Trinajstić information content (AvgIpc) is 2.84. The van der Waals surface area contributed by atoms with Gasteiger partial charge >= 0.3 is 0 Å². The monoisotopic (exact) mass is 273 g/mol. The Kier molecular flexibility index (Phi) is 3.04. The second-order valence-electron chi connectivity index (χ2n) is 4.08. The van der Waals surface area contributed by atoms with Gasteiger partial charge in [0.25, 0.3) is 5.56 Å². The molecule has 3 aromatic rings. The number of rotatable bonds is 3. The molecule has 0 saturated heterocycles. The topological polar surface area (TPSA) is 73.6 Å². The molecular weight excluding hydrogens is 262 g/mol. The Morgan fingerprint density at radius 3 is 3.00 bits per heavy atom. The number of nitrogens with zero attached hydrogens (tertiary/aromatic N) is 5. The molecule has 3 heterocycles. The number of pyridine rings is 1. The van der Waals surface area contributed by atoms with Gasteiger partial charge in [0.15, 0.2) is 5.52 Å². The molecule has 6 nitrogen and oxygen atoms in total. The normalized spacial score (nSPS) is 11.0. The van der Waals surface area contributed by atoms with Gasteiger partial charge in [-0.15, -0.1) is 21.5 Å². The van der Waals surface area contributed by atoms with E-state index in [0.717, 1.165) is 10.0 Å². The summed E-state index contributed by atoms with van der Waals surface area (Å²) in [5, 5.41) is 9.85. The van der Waals surface area contributed by atoms with Crippen LogP contribution >= 0.6 is 11.3 Å². The Morgan fingerprint density at radius 1 is 1.32 bits per heavy atom. The van der Waals surface area contributed by atoms with Gasteiger partial charge in [-0.1, -0.05) is 0 Å². The van der Waals surface area contributed by atoms with Gasteiger partial charge in [0, 0.05) is 19.2 Å². The van der Waals surface area contributed by atoms with Crippen molar-refractivity contribution in [1.29, 1.82) is 0 Å². The molecule has 96 valence electrons. The fourth-order valence-corrected chi connectivity index (χ4v) is 2.50. The third-order valence-electron chi connectivity index (χ3n) is 2.72. The van der Waals surface area contributed by atoms with Gasteiger partial charge in [-0.25, -0.2) is 9.97 Å². The van der Waals surface area contributed by atoms with Crippen molar-refractivity contribution < 1.29 is 0 Å². The van der Waals surface area contributed by atoms with Crippen molar-refractivity contribution in [2.45, 2.75) is 19.9 Å². The SMILES string of the molecule is Cc1nnc(CCn2cnc3cccnc3c2=O)s1. The highest BCUT2D eigenvalue weighted by atomic mass is 32.1. The second-order valence-corrected chi connectivity index (χ2v) is 5.35. The summed E-state index contributed by atoms with van der Waals surface area (Å²) in [6, 6.07) is 3.55. The van der Waals surface area contributed by atoms with Crippen LogP contribution < -0.4 is 5.56 Å². The van der Waals surface area contributed by atoms with E-state index >= 15 is 0 Å². The first-order chi connectivity index (χ1) is 9.24. The van der Waals surface area contributed by atoms with Gasteiger partial charge in [0.2, 0.25) is 0 Å². The molecule has 0 amide bonds. The fraction of sp³-hybridized carbons (Fsp3) is 0.250. The highest BCUT2D eigenvalue weighted by Gasteiger charge is 2.06. The molecule has 19 heavy (non-hydrogen) atoms. The number of fused-ring (bicyclic) bond motifs is 1. The van der Waals surface area contributed by atoms with Crippen LogP contribution in [-0.4, -0.2) is 24.7 Å². The van der Waals surface area contributed by atoms with Crippen LogP contribution in [0.25, 0.3) is 11.0 Å². The molecule has 0 unspecified atom stereocenters. The third kappa shape index (κ3) is 2.37. The number of aryl methyl sites for hydroxylation is 3. The maximum Gasteiger partial charge on any atom is 0.279 e. The Labute approximate surface area is 112 Å². The summed E-state index contributed by atoms with van der Waals surface area (Å²) in [5.41, 5.74) is 0.904. The maximum atomic E-state index is 12.2. The van der Waals surface area contributed by atoms with E-state index in [2.05, 4.69) is 20.2 Å². The van der Waals surface area contributed by atoms with Gasteiger partial charge in [0.05, 0.1) is 11.8 Å². The standard InChI is InChI=1S/C12H11N5OS/c1-8-15-16-10(19-8)4-6-17-7-14-9-3-2-5-13-11(9)12(17)18/h2-3,5,7H,4,6H2,1H3. The zero-order valence-corrected chi connectivity index (χ0v) is 11.1. The highest BCUT2D eigenvalue weighted by molar-refractivity contribution is 7.11. The zero-order valence-electron chi connectivity index (χ0n) is 10.3. The van der Waals surface area contributed by atoms with E-state index in [1.807, 2.05) is 6.92 Å². The van der Waals surface area contributed by atoms with E-state index in [-0.39, 0.29) is 5.56 Å². The van der Waals surface area contributed by atoms with E-state index < -0.39 is 0 Å². The van der Waals surface area contributed by atoms with Crippen LogP contribution in [0.5, 0.6) is 0 Å². The highest BCUT2D eigenvalue weighted by Crippen LogP contribution is 2.09. The summed E-state index contributed by atoms with van der Waals surface area (Å²) in [6.45, 7) is 2.45. The molecule has 0 radical (unpaired) electrons. The van der Waals surface area contributed by atoms with E-state index in [1.54, 1.807) is 40.6 Å². The van der Waals surface area contributed by atoms with Crippen LogP contribution in [0.4, 0.5) is 0 Å². The summed E-state index contributed by atoms with van der Waals surface area (Å²) < 4.78 is 1.56. The summed E-state index contributed by atoms with van der Waals surface area (Å²) in [6.07, 6.45) is 3.83. The summed E-state index contributed by atoms with van der Waals surface area (Å²) in [7, 11) is 0.